The lowest BCUT2D eigenvalue weighted by atomic mass is 10.0. The Bertz CT molecular complexity index is 1170. The van der Waals surface area contributed by atoms with Crippen molar-refractivity contribution < 1.29 is 4.79 Å². The van der Waals surface area contributed by atoms with E-state index >= 15 is 0 Å². The van der Waals surface area contributed by atoms with Crippen molar-refractivity contribution >= 4 is 38.3 Å². The summed E-state index contributed by atoms with van der Waals surface area (Å²) in [4.78, 5) is 12.4. The molecule has 4 aromatic rings. The van der Waals surface area contributed by atoms with E-state index in [0.717, 1.165) is 37.8 Å². The average molecular weight is 433 g/mol. The molecule has 3 aromatic carbocycles. The summed E-state index contributed by atoms with van der Waals surface area (Å²) in [7, 11) is 0. The van der Waals surface area contributed by atoms with Crippen molar-refractivity contribution in [3.05, 3.63) is 88.5 Å². The number of halogens is 1. The standard InChI is InChI=1S/C22H17BrN4O/c1-14(15-9-11-17(23)12-10-15)24-27-22(28)21-13-20(25-26-21)19-8-4-6-16-5-2-3-7-18(16)19/h2-13H,1H3,(H,25,26)(H,27,28). The third-order valence-electron chi connectivity index (χ3n) is 4.48. The molecule has 6 heteroatoms. The Kier molecular flexibility index (Phi) is 5.04. The van der Waals surface area contributed by atoms with Gasteiger partial charge in [-0.2, -0.15) is 10.2 Å². The second kappa shape index (κ2) is 7.78. The van der Waals surface area contributed by atoms with E-state index in [4.69, 9.17) is 0 Å². The van der Waals surface area contributed by atoms with Crippen LogP contribution in [0.4, 0.5) is 0 Å². The maximum Gasteiger partial charge on any atom is 0.289 e. The van der Waals surface area contributed by atoms with Crippen LogP contribution in [0.15, 0.2) is 82.4 Å². The SMILES string of the molecule is CC(=NNC(=O)c1cc(-c2cccc3ccccc23)n[nH]1)c1ccc(Br)cc1. The van der Waals surface area contributed by atoms with Gasteiger partial charge >= 0.3 is 0 Å². The number of benzene rings is 3. The van der Waals surface area contributed by atoms with E-state index in [-0.39, 0.29) is 5.91 Å². The lowest BCUT2D eigenvalue weighted by molar-refractivity contribution is 0.0950. The fourth-order valence-electron chi connectivity index (χ4n) is 2.98. The molecule has 0 saturated carbocycles. The van der Waals surface area contributed by atoms with Crippen LogP contribution in [0.25, 0.3) is 22.0 Å². The first-order valence-electron chi connectivity index (χ1n) is 8.76. The number of carbonyl (C=O) groups is 1. The Hall–Kier alpha value is -3.25. The van der Waals surface area contributed by atoms with Crippen LogP contribution in [0.5, 0.6) is 0 Å². The first-order valence-corrected chi connectivity index (χ1v) is 9.55. The highest BCUT2D eigenvalue weighted by Gasteiger charge is 2.12. The number of hydrogen-bond donors (Lipinski definition) is 2. The summed E-state index contributed by atoms with van der Waals surface area (Å²) in [6.07, 6.45) is 0. The van der Waals surface area contributed by atoms with E-state index in [0.29, 0.717) is 5.69 Å². The van der Waals surface area contributed by atoms with Crippen LogP contribution in [-0.4, -0.2) is 21.8 Å². The summed E-state index contributed by atoms with van der Waals surface area (Å²) in [6, 6.07) is 23.6. The summed E-state index contributed by atoms with van der Waals surface area (Å²) >= 11 is 3.40. The highest BCUT2D eigenvalue weighted by atomic mass is 79.9. The highest BCUT2D eigenvalue weighted by Crippen LogP contribution is 2.27. The normalized spacial score (nSPS) is 11.6. The molecule has 5 nitrogen and oxygen atoms in total. The minimum absolute atomic E-state index is 0.338. The quantitative estimate of drug-likeness (QED) is 0.345. The zero-order chi connectivity index (χ0) is 19.5. The van der Waals surface area contributed by atoms with Crippen LogP contribution in [0.2, 0.25) is 0 Å². The molecule has 1 heterocycles. The minimum atomic E-state index is -0.338. The number of carbonyl (C=O) groups excluding carboxylic acids is 1. The van der Waals surface area contributed by atoms with Crippen LogP contribution in [0, 0.1) is 0 Å². The van der Waals surface area contributed by atoms with Gasteiger partial charge in [-0.15, -0.1) is 0 Å². The van der Waals surface area contributed by atoms with Gasteiger partial charge in [0.1, 0.15) is 5.69 Å². The Morgan fingerprint density at radius 3 is 2.61 bits per heavy atom. The number of rotatable bonds is 4. The van der Waals surface area contributed by atoms with Gasteiger partial charge in [0.2, 0.25) is 0 Å². The molecule has 0 spiro atoms. The van der Waals surface area contributed by atoms with E-state index in [1.165, 1.54) is 0 Å². The molecule has 0 fully saturated rings. The molecule has 138 valence electrons. The number of hydrazone groups is 1. The second-order valence-electron chi connectivity index (χ2n) is 6.34. The molecule has 1 aromatic heterocycles. The lowest BCUT2D eigenvalue weighted by Crippen LogP contribution is -2.19. The van der Waals surface area contributed by atoms with Crippen LogP contribution in [0.3, 0.4) is 0 Å². The van der Waals surface area contributed by atoms with Crippen LogP contribution in [-0.2, 0) is 0 Å². The van der Waals surface area contributed by atoms with E-state index in [2.05, 4.69) is 48.8 Å². The highest BCUT2D eigenvalue weighted by molar-refractivity contribution is 9.10. The minimum Gasteiger partial charge on any atom is -0.272 e. The van der Waals surface area contributed by atoms with E-state index in [1.807, 2.05) is 61.5 Å². The van der Waals surface area contributed by atoms with Gasteiger partial charge in [0.25, 0.3) is 5.91 Å². The smallest absolute Gasteiger partial charge is 0.272 e. The summed E-state index contributed by atoms with van der Waals surface area (Å²) in [6.45, 7) is 1.85. The molecule has 0 unspecified atom stereocenters. The molecule has 0 aliphatic rings. The number of aromatic amines is 1. The summed E-state index contributed by atoms with van der Waals surface area (Å²) in [5.74, 6) is -0.338. The number of amides is 1. The molecule has 1 amide bonds. The van der Waals surface area contributed by atoms with Crippen molar-refractivity contribution in [1.82, 2.24) is 15.6 Å². The van der Waals surface area contributed by atoms with Gasteiger partial charge in [-0.05, 0) is 41.5 Å². The third kappa shape index (κ3) is 3.73. The number of H-pyrrole nitrogens is 1. The van der Waals surface area contributed by atoms with Gasteiger partial charge in [0.15, 0.2) is 0 Å². The molecule has 0 bridgehead atoms. The Labute approximate surface area is 170 Å². The molecule has 0 radical (unpaired) electrons. The topological polar surface area (TPSA) is 70.1 Å². The van der Waals surface area contributed by atoms with Gasteiger partial charge in [0, 0.05) is 10.0 Å². The van der Waals surface area contributed by atoms with Crippen LogP contribution >= 0.6 is 15.9 Å². The van der Waals surface area contributed by atoms with Crippen molar-refractivity contribution in [1.29, 1.82) is 0 Å². The summed E-state index contributed by atoms with van der Waals surface area (Å²) in [5.41, 5.74) is 6.28. The second-order valence-corrected chi connectivity index (χ2v) is 7.25. The molecule has 28 heavy (non-hydrogen) atoms. The van der Waals surface area contributed by atoms with Gasteiger partial charge in [-0.1, -0.05) is 70.5 Å². The summed E-state index contributed by atoms with van der Waals surface area (Å²) < 4.78 is 0.992. The first kappa shape index (κ1) is 18.1. The molecule has 0 saturated heterocycles. The zero-order valence-corrected chi connectivity index (χ0v) is 16.7. The number of nitrogens with one attached hydrogen (secondary N) is 2. The molecule has 4 rings (SSSR count). The molecule has 0 aliphatic carbocycles. The zero-order valence-electron chi connectivity index (χ0n) is 15.1. The molecule has 0 atom stereocenters. The number of aromatic nitrogens is 2. The van der Waals surface area contributed by atoms with Crippen molar-refractivity contribution in [3.63, 3.8) is 0 Å². The fourth-order valence-corrected chi connectivity index (χ4v) is 3.24. The van der Waals surface area contributed by atoms with Gasteiger partial charge in [0.05, 0.1) is 11.4 Å². The van der Waals surface area contributed by atoms with Gasteiger partial charge in [-0.3, -0.25) is 9.89 Å². The van der Waals surface area contributed by atoms with Crippen molar-refractivity contribution in [2.45, 2.75) is 6.92 Å². The van der Waals surface area contributed by atoms with Gasteiger partial charge in [-0.25, -0.2) is 5.43 Å². The summed E-state index contributed by atoms with van der Waals surface area (Å²) in [5, 5.41) is 13.5. The maximum absolute atomic E-state index is 12.4. The van der Waals surface area contributed by atoms with Crippen molar-refractivity contribution in [2.24, 2.45) is 5.10 Å². The average Bonchev–Trinajstić information content (AvgIpc) is 3.22. The first-order chi connectivity index (χ1) is 13.6. The maximum atomic E-state index is 12.4. The van der Waals surface area contributed by atoms with Gasteiger partial charge < -0.3 is 0 Å². The Morgan fingerprint density at radius 1 is 1.04 bits per heavy atom. The predicted molar refractivity (Wildman–Crippen MR) is 115 cm³/mol. The Morgan fingerprint density at radius 2 is 1.79 bits per heavy atom. The van der Waals surface area contributed by atoms with Crippen LogP contribution in [0.1, 0.15) is 23.0 Å². The largest absolute Gasteiger partial charge is 0.289 e. The molecular formula is C22H17BrN4O. The van der Waals surface area contributed by atoms with E-state index in [9.17, 15) is 4.79 Å². The van der Waals surface area contributed by atoms with Crippen molar-refractivity contribution in [3.8, 4) is 11.3 Å². The lowest BCUT2D eigenvalue weighted by Gasteiger charge is -2.03. The Balaban J connectivity index is 1.54. The predicted octanol–water partition coefficient (Wildman–Crippen LogP) is 5.15. The molecule has 2 N–H and O–H groups in total. The van der Waals surface area contributed by atoms with Crippen molar-refractivity contribution in [2.75, 3.05) is 0 Å². The number of fused-ring (bicyclic) bond motifs is 1. The fraction of sp³-hybridized carbons (Fsp3) is 0.0455. The van der Waals surface area contributed by atoms with E-state index < -0.39 is 0 Å². The van der Waals surface area contributed by atoms with E-state index in [1.54, 1.807) is 6.07 Å². The molecule has 0 aliphatic heterocycles. The molecular weight excluding hydrogens is 416 g/mol. The third-order valence-corrected chi connectivity index (χ3v) is 5.00. The number of hydrogen-bond acceptors (Lipinski definition) is 3. The monoisotopic (exact) mass is 432 g/mol. The number of nitrogens with zero attached hydrogens (tertiary/aromatic N) is 2. The van der Waals surface area contributed by atoms with Crippen LogP contribution < -0.4 is 5.43 Å².